The first-order chi connectivity index (χ1) is 12.4. The van der Waals surface area contributed by atoms with E-state index in [1.807, 2.05) is 6.20 Å². The maximum Gasteiger partial charge on any atom is 0.140 e. The van der Waals surface area contributed by atoms with E-state index >= 15 is 0 Å². The molecule has 3 fully saturated rings. The second kappa shape index (κ2) is 6.41. The molecule has 2 saturated carbocycles. The summed E-state index contributed by atoms with van der Waals surface area (Å²) in [6.07, 6.45) is 11.0. The summed E-state index contributed by atoms with van der Waals surface area (Å²) >= 11 is 0. The van der Waals surface area contributed by atoms with E-state index in [9.17, 15) is 0 Å². The molecule has 2 aromatic rings. The van der Waals surface area contributed by atoms with Crippen molar-refractivity contribution in [1.29, 1.82) is 0 Å². The molecule has 25 heavy (non-hydrogen) atoms. The molecule has 2 aliphatic carbocycles. The molecule has 0 aromatic carbocycles. The van der Waals surface area contributed by atoms with Gasteiger partial charge in [0.05, 0.1) is 5.69 Å². The zero-order valence-electron chi connectivity index (χ0n) is 14.5. The SMILES string of the molecule is c1cc(N(C2CC2)C2CCN(Cc3cc(C4CC4)on3)CC2)ncn1. The lowest BCUT2D eigenvalue weighted by molar-refractivity contribution is 0.195. The maximum absolute atomic E-state index is 5.49. The van der Waals surface area contributed by atoms with Crippen LogP contribution in [0.5, 0.6) is 0 Å². The molecule has 0 atom stereocenters. The number of likely N-dealkylation sites (tertiary alicyclic amines) is 1. The molecule has 6 heteroatoms. The molecule has 5 rings (SSSR count). The third-order valence-corrected chi connectivity index (χ3v) is 5.66. The van der Waals surface area contributed by atoms with E-state index in [4.69, 9.17) is 4.52 Å². The van der Waals surface area contributed by atoms with Gasteiger partial charge in [-0.05, 0) is 44.6 Å². The van der Waals surface area contributed by atoms with Crippen LogP contribution in [0.25, 0.3) is 0 Å². The van der Waals surface area contributed by atoms with Crippen molar-refractivity contribution in [3.05, 3.63) is 36.1 Å². The zero-order chi connectivity index (χ0) is 16.6. The van der Waals surface area contributed by atoms with Gasteiger partial charge in [0.15, 0.2) is 0 Å². The lowest BCUT2D eigenvalue weighted by Crippen LogP contribution is -2.46. The molecular formula is C19H25N5O. The quantitative estimate of drug-likeness (QED) is 0.806. The van der Waals surface area contributed by atoms with Crippen molar-refractivity contribution in [3.8, 4) is 0 Å². The standard InChI is InChI=1S/C19H25N5O/c1-2-14(1)18-11-15(22-25-18)12-23-9-6-17(7-10-23)24(16-3-4-16)19-5-8-20-13-21-19/h5,8,11,13-14,16-17H,1-4,6-7,9-10,12H2. The van der Waals surface area contributed by atoms with Crippen LogP contribution in [0.4, 0.5) is 5.82 Å². The van der Waals surface area contributed by atoms with Gasteiger partial charge in [-0.25, -0.2) is 9.97 Å². The van der Waals surface area contributed by atoms with Crippen molar-refractivity contribution in [1.82, 2.24) is 20.0 Å². The van der Waals surface area contributed by atoms with Crippen LogP contribution in [-0.2, 0) is 6.54 Å². The number of nitrogens with zero attached hydrogens (tertiary/aromatic N) is 5. The molecule has 1 aliphatic heterocycles. The molecule has 3 heterocycles. The van der Waals surface area contributed by atoms with Gasteiger partial charge in [0, 0.05) is 49.9 Å². The second-order valence-corrected chi connectivity index (χ2v) is 7.71. The molecule has 6 nitrogen and oxygen atoms in total. The predicted molar refractivity (Wildman–Crippen MR) is 94.3 cm³/mol. The van der Waals surface area contributed by atoms with Gasteiger partial charge in [0.25, 0.3) is 0 Å². The fourth-order valence-corrected chi connectivity index (χ4v) is 4.01. The first-order valence-corrected chi connectivity index (χ1v) is 9.59. The van der Waals surface area contributed by atoms with E-state index in [1.165, 1.54) is 38.5 Å². The van der Waals surface area contributed by atoms with E-state index < -0.39 is 0 Å². The highest BCUT2D eigenvalue weighted by atomic mass is 16.5. The van der Waals surface area contributed by atoms with E-state index in [0.717, 1.165) is 36.9 Å². The molecule has 0 spiro atoms. The lowest BCUT2D eigenvalue weighted by Gasteiger charge is -2.39. The van der Waals surface area contributed by atoms with Crippen LogP contribution in [0.3, 0.4) is 0 Å². The van der Waals surface area contributed by atoms with Gasteiger partial charge in [-0.1, -0.05) is 5.16 Å². The molecule has 0 N–H and O–H groups in total. The molecule has 1 saturated heterocycles. The molecule has 0 unspecified atom stereocenters. The number of anilines is 1. The minimum atomic E-state index is 0.595. The average Bonchev–Trinajstić information content (AvgIpc) is 3.58. The van der Waals surface area contributed by atoms with Crippen molar-refractivity contribution in [2.45, 2.75) is 63.1 Å². The van der Waals surface area contributed by atoms with Crippen LogP contribution in [0, 0.1) is 0 Å². The van der Waals surface area contributed by atoms with Gasteiger partial charge >= 0.3 is 0 Å². The molecule has 3 aliphatic rings. The van der Waals surface area contributed by atoms with Crippen LogP contribution < -0.4 is 4.90 Å². The third-order valence-electron chi connectivity index (χ3n) is 5.66. The molecule has 0 radical (unpaired) electrons. The number of hydrogen-bond donors (Lipinski definition) is 0. The van der Waals surface area contributed by atoms with Gasteiger partial charge in [-0.2, -0.15) is 0 Å². The fraction of sp³-hybridized carbons (Fsp3) is 0.632. The lowest BCUT2D eigenvalue weighted by atomic mass is 10.0. The highest BCUT2D eigenvalue weighted by molar-refractivity contribution is 5.41. The summed E-state index contributed by atoms with van der Waals surface area (Å²) in [6.45, 7) is 3.15. The van der Waals surface area contributed by atoms with Crippen LogP contribution in [0.15, 0.2) is 29.2 Å². The van der Waals surface area contributed by atoms with Crippen LogP contribution in [-0.4, -0.2) is 45.2 Å². The average molecular weight is 339 g/mol. The minimum Gasteiger partial charge on any atom is -0.361 e. The van der Waals surface area contributed by atoms with Gasteiger partial charge in [-0.15, -0.1) is 0 Å². The Bertz CT molecular complexity index is 702. The number of hydrogen-bond acceptors (Lipinski definition) is 6. The Balaban J connectivity index is 1.20. The van der Waals surface area contributed by atoms with Crippen LogP contribution in [0.1, 0.15) is 55.9 Å². The highest BCUT2D eigenvalue weighted by Crippen LogP contribution is 2.40. The van der Waals surface area contributed by atoms with E-state index in [-0.39, 0.29) is 0 Å². The predicted octanol–water partition coefficient (Wildman–Crippen LogP) is 2.98. The van der Waals surface area contributed by atoms with E-state index in [2.05, 4.69) is 37.1 Å². The van der Waals surface area contributed by atoms with E-state index in [0.29, 0.717) is 18.0 Å². The van der Waals surface area contributed by atoms with Gasteiger partial charge in [-0.3, -0.25) is 4.90 Å². The van der Waals surface area contributed by atoms with E-state index in [1.54, 1.807) is 6.33 Å². The van der Waals surface area contributed by atoms with Crippen molar-refractivity contribution in [2.75, 3.05) is 18.0 Å². The summed E-state index contributed by atoms with van der Waals surface area (Å²) in [5, 5.41) is 4.27. The van der Waals surface area contributed by atoms with Gasteiger partial charge in [0.2, 0.25) is 0 Å². The molecular weight excluding hydrogens is 314 g/mol. The molecule has 0 bridgehead atoms. The Morgan fingerprint density at radius 2 is 1.88 bits per heavy atom. The third kappa shape index (κ3) is 3.40. The molecule has 132 valence electrons. The number of piperidine rings is 1. The number of aromatic nitrogens is 3. The van der Waals surface area contributed by atoms with Gasteiger partial charge in [0.1, 0.15) is 17.9 Å². The van der Waals surface area contributed by atoms with Crippen molar-refractivity contribution < 1.29 is 4.52 Å². The molecule has 2 aromatic heterocycles. The Morgan fingerprint density at radius 3 is 2.56 bits per heavy atom. The Morgan fingerprint density at radius 1 is 1.08 bits per heavy atom. The first-order valence-electron chi connectivity index (χ1n) is 9.59. The van der Waals surface area contributed by atoms with Gasteiger partial charge < -0.3 is 9.42 Å². The highest BCUT2D eigenvalue weighted by Gasteiger charge is 2.36. The summed E-state index contributed by atoms with van der Waals surface area (Å²) in [5.41, 5.74) is 1.09. The Kier molecular flexibility index (Phi) is 3.93. The zero-order valence-corrected chi connectivity index (χ0v) is 14.5. The minimum absolute atomic E-state index is 0.595. The van der Waals surface area contributed by atoms with Crippen LogP contribution in [0.2, 0.25) is 0 Å². The summed E-state index contributed by atoms with van der Waals surface area (Å²) in [5.74, 6) is 2.84. The smallest absolute Gasteiger partial charge is 0.140 e. The monoisotopic (exact) mass is 339 g/mol. The summed E-state index contributed by atoms with van der Waals surface area (Å²) in [4.78, 5) is 13.6. The number of rotatable bonds is 6. The normalized spacial score (nSPS) is 22.2. The summed E-state index contributed by atoms with van der Waals surface area (Å²) < 4.78 is 5.49. The second-order valence-electron chi connectivity index (χ2n) is 7.71. The summed E-state index contributed by atoms with van der Waals surface area (Å²) in [6, 6.07) is 5.50. The fourth-order valence-electron chi connectivity index (χ4n) is 4.01. The van der Waals surface area contributed by atoms with Crippen molar-refractivity contribution in [3.63, 3.8) is 0 Å². The van der Waals surface area contributed by atoms with Crippen LogP contribution >= 0.6 is 0 Å². The summed E-state index contributed by atoms with van der Waals surface area (Å²) in [7, 11) is 0. The topological polar surface area (TPSA) is 58.3 Å². The first kappa shape index (κ1) is 15.3. The van der Waals surface area contributed by atoms with Crippen molar-refractivity contribution in [2.24, 2.45) is 0 Å². The Hall–Kier alpha value is -1.95. The maximum atomic E-state index is 5.49. The Labute approximate surface area is 148 Å². The molecule has 0 amide bonds. The van der Waals surface area contributed by atoms with Crippen molar-refractivity contribution >= 4 is 5.82 Å². The largest absolute Gasteiger partial charge is 0.361 e.